The van der Waals surface area contributed by atoms with E-state index in [4.69, 9.17) is 4.74 Å². The van der Waals surface area contributed by atoms with E-state index in [0.717, 1.165) is 13.0 Å². The fraction of sp³-hybridized carbons (Fsp3) is 0.467. The fourth-order valence-corrected chi connectivity index (χ4v) is 2.47. The molecule has 2 aliphatic carbocycles. The zero-order valence-corrected chi connectivity index (χ0v) is 10.9. The maximum Gasteiger partial charge on any atom is 0.103 e. The summed E-state index contributed by atoms with van der Waals surface area (Å²) in [5, 5.41) is 3.36. The molecule has 0 spiro atoms. The predicted molar refractivity (Wildman–Crippen MR) is 71.9 cm³/mol. The van der Waals surface area contributed by atoms with Crippen LogP contribution in [0.4, 0.5) is 0 Å². The number of allylic oxidation sites excluding steroid dienone is 3. The smallest absolute Gasteiger partial charge is 0.103 e. The van der Waals surface area contributed by atoms with Crippen LogP contribution in [0.3, 0.4) is 0 Å². The van der Waals surface area contributed by atoms with E-state index in [1.807, 2.05) is 14.0 Å². The van der Waals surface area contributed by atoms with Crippen molar-refractivity contribution in [2.75, 3.05) is 13.7 Å². The number of rotatable bonds is 3. The summed E-state index contributed by atoms with van der Waals surface area (Å²) in [7, 11) is 2.01. The largest absolute Gasteiger partial charge is 0.367 e. The second-order valence-electron chi connectivity index (χ2n) is 4.68. The van der Waals surface area contributed by atoms with Crippen molar-refractivity contribution in [3.63, 3.8) is 0 Å². The third-order valence-electron chi connectivity index (χ3n) is 3.33. The Hall–Kier alpha value is -1.12. The average molecular weight is 231 g/mol. The maximum atomic E-state index is 5.82. The van der Waals surface area contributed by atoms with E-state index in [9.17, 15) is 0 Å². The van der Waals surface area contributed by atoms with E-state index in [1.54, 1.807) is 0 Å². The van der Waals surface area contributed by atoms with Crippen LogP contribution in [0.5, 0.6) is 0 Å². The minimum Gasteiger partial charge on any atom is -0.367 e. The summed E-state index contributed by atoms with van der Waals surface area (Å²) in [5.74, 6) is 0. The first-order valence-electron chi connectivity index (χ1n) is 6.29. The highest BCUT2D eigenvalue weighted by atomic mass is 16.5. The van der Waals surface area contributed by atoms with Gasteiger partial charge >= 0.3 is 0 Å². The molecule has 0 saturated heterocycles. The number of fused-ring (bicyclic) bond motifs is 1. The summed E-state index contributed by atoms with van der Waals surface area (Å²) in [6.45, 7) is 4.86. The second kappa shape index (κ2) is 5.03. The molecule has 0 heterocycles. The summed E-state index contributed by atoms with van der Waals surface area (Å²) in [6, 6.07) is 0.417. The lowest BCUT2D eigenvalue weighted by atomic mass is 9.89. The van der Waals surface area contributed by atoms with Crippen molar-refractivity contribution in [2.24, 2.45) is 0 Å². The van der Waals surface area contributed by atoms with Crippen LogP contribution in [-0.2, 0) is 4.74 Å². The Morgan fingerprint density at radius 3 is 3.06 bits per heavy atom. The third-order valence-corrected chi connectivity index (χ3v) is 3.33. The van der Waals surface area contributed by atoms with E-state index in [-0.39, 0.29) is 5.60 Å². The van der Waals surface area contributed by atoms with Crippen molar-refractivity contribution in [1.82, 2.24) is 5.32 Å². The third kappa shape index (κ3) is 2.59. The summed E-state index contributed by atoms with van der Waals surface area (Å²) < 4.78 is 5.82. The summed E-state index contributed by atoms with van der Waals surface area (Å²) in [4.78, 5) is 0. The molecule has 2 heteroatoms. The molecule has 2 atom stereocenters. The quantitative estimate of drug-likeness (QED) is 0.806. The van der Waals surface area contributed by atoms with Crippen LogP contribution in [0, 0.1) is 0 Å². The topological polar surface area (TPSA) is 21.3 Å². The lowest BCUT2D eigenvalue weighted by molar-refractivity contribution is 0.0507. The molecule has 0 aliphatic heterocycles. The van der Waals surface area contributed by atoms with Crippen molar-refractivity contribution >= 4 is 0 Å². The normalized spacial score (nSPS) is 31.6. The zero-order valence-electron chi connectivity index (χ0n) is 10.9. The van der Waals surface area contributed by atoms with Crippen LogP contribution < -0.4 is 5.32 Å². The van der Waals surface area contributed by atoms with Gasteiger partial charge in [0.05, 0.1) is 0 Å². The zero-order chi connectivity index (χ0) is 12.3. The van der Waals surface area contributed by atoms with Crippen molar-refractivity contribution in [2.45, 2.75) is 31.9 Å². The summed E-state index contributed by atoms with van der Waals surface area (Å²) in [6.07, 6.45) is 14.1. The van der Waals surface area contributed by atoms with Gasteiger partial charge in [-0.05, 0) is 50.6 Å². The highest BCUT2D eigenvalue weighted by Crippen LogP contribution is 2.30. The number of hydrogen-bond donors (Lipinski definition) is 1. The van der Waals surface area contributed by atoms with Crippen LogP contribution in [-0.4, -0.2) is 25.3 Å². The lowest BCUT2D eigenvalue weighted by Gasteiger charge is -2.26. The molecule has 0 saturated carbocycles. The van der Waals surface area contributed by atoms with E-state index in [2.05, 4.69) is 48.7 Å². The molecule has 0 aromatic rings. The standard InChI is InChI=1S/C15H21NO/c1-4-17-15(2)10-6-8-13-12(11-15)7-5-9-14(13)16-3/h5-8,10-11,14,16H,4,9H2,1-3H3. The van der Waals surface area contributed by atoms with Crippen LogP contribution in [0.15, 0.2) is 47.6 Å². The maximum absolute atomic E-state index is 5.82. The number of nitrogens with one attached hydrogen (secondary N) is 1. The van der Waals surface area contributed by atoms with Gasteiger partial charge in [0.25, 0.3) is 0 Å². The van der Waals surface area contributed by atoms with Gasteiger partial charge in [-0.2, -0.15) is 0 Å². The minimum absolute atomic E-state index is 0.289. The average Bonchev–Trinajstić information content (AvgIpc) is 2.47. The molecule has 2 aliphatic rings. The first-order valence-corrected chi connectivity index (χ1v) is 6.29. The Bertz CT molecular complexity index is 403. The molecule has 0 aromatic heterocycles. The van der Waals surface area contributed by atoms with E-state index < -0.39 is 0 Å². The SMILES string of the molecule is CCOC1(C)C=CC=C2C(=C1)C=CCC2NC. The Morgan fingerprint density at radius 1 is 1.53 bits per heavy atom. The highest BCUT2D eigenvalue weighted by Gasteiger charge is 2.25. The molecule has 0 aromatic carbocycles. The van der Waals surface area contributed by atoms with Gasteiger partial charge in [-0.3, -0.25) is 0 Å². The van der Waals surface area contributed by atoms with E-state index >= 15 is 0 Å². The first kappa shape index (κ1) is 12.3. The van der Waals surface area contributed by atoms with Crippen LogP contribution >= 0.6 is 0 Å². The molecule has 0 bridgehead atoms. The molecule has 2 nitrogen and oxygen atoms in total. The van der Waals surface area contributed by atoms with E-state index in [0.29, 0.717) is 6.04 Å². The molecule has 0 amide bonds. The van der Waals surface area contributed by atoms with Gasteiger partial charge in [0, 0.05) is 12.6 Å². The van der Waals surface area contributed by atoms with Crippen molar-refractivity contribution in [3.05, 3.63) is 47.6 Å². The summed E-state index contributed by atoms with van der Waals surface area (Å²) in [5.41, 5.74) is 2.34. The van der Waals surface area contributed by atoms with Crippen molar-refractivity contribution < 1.29 is 4.74 Å². The van der Waals surface area contributed by atoms with Gasteiger partial charge in [0.2, 0.25) is 0 Å². The minimum atomic E-state index is -0.289. The molecule has 0 radical (unpaired) electrons. The van der Waals surface area contributed by atoms with Crippen molar-refractivity contribution in [3.8, 4) is 0 Å². The molecular weight excluding hydrogens is 210 g/mol. The van der Waals surface area contributed by atoms with Gasteiger partial charge < -0.3 is 10.1 Å². The Kier molecular flexibility index (Phi) is 3.65. The van der Waals surface area contributed by atoms with Crippen LogP contribution in [0.1, 0.15) is 20.3 Å². The van der Waals surface area contributed by atoms with Crippen LogP contribution in [0.2, 0.25) is 0 Å². The van der Waals surface area contributed by atoms with Gasteiger partial charge in [-0.25, -0.2) is 0 Å². The number of ether oxygens (including phenoxy) is 1. The van der Waals surface area contributed by atoms with Crippen molar-refractivity contribution in [1.29, 1.82) is 0 Å². The summed E-state index contributed by atoms with van der Waals surface area (Å²) >= 11 is 0. The molecule has 17 heavy (non-hydrogen) atoms. The Balaban J connectivity index is 2.36. The Morgan fingerprint density at radius 2 is 2.35 bits per heavy atom. The molecule has 0 fully saturated rings. The molecule has 92 valence electrons. The predicted octanol–water partition coefficient (Wildman–Crippen LogP) is 2.75. The lowest BCUT2D eigenvalue weighted by Crippen LogP contribution is -2.30. The number of likely N-dealkylation sites (N-methyl/N-ethyl adjacent to an activating group) is 1. The first-order chi connectivity index (χ1) is 8.18. The molecule has 2 unspecified atom stereocenters. The van der Waals surface area contributed by atoms with Gasteiger partial charge in [-0.15, -0.1) is 0 Å². The van der Waals surface area contributed by atoms with Gasteiger partial charge in [0.15, 0.2) is 0 Å². The molecule has 1 N–H and O–H groups in total. The highest BCUT2D eigenvalue weighted by molar-refractivity contribution is 5.51. The van der Waals surface area contributed by atoms with Gasteiger partial charge in [0.1, 0.15) is 5.60 Å². The monoisotopic (exact) mass is 231 g/mol. The van der Waals surface area contributed by atoms with Crippen LogP contribution in [0.25, 0.3) is 0 Å². The second-order valence-corrected chi connectivity index (χ2v) is 4.68. The number of hydrogen-bond acceptors (Lipinski definition) is 2. The molecule has 2 rings (SSSR count). The van der Waals surface area contributed by atoms with E-state index in [1.165, 1.54) is 11.1 Å². The molecular formula is C15H21NO. The van der Waals surface area contributed by atoms with Gasteiger partial charge in [-0.1, -0.05) is 24.3 Å². The Labute approximate surface area is 104 Å². The fourth-order valence-electron chi connectivity index (χ4n) is 2.47.